The highest BCUT2D eigenvalue weighted by atomic mass is 35.5. The second-order valence-corrected chi connectivity index (χ2v) is 4.75. The maximum Gasteiger partial charge on any atom is 0.330 e. The van der Waals surface area contributed by atoms with Crippen molar-refractivity contribution in [1.82, 2.24) is 9.88 Å². The minimum Gasteiger partial charge on any atom is -0.479 e. The van der Waals surface area contributed by atoms with Crippen LogP contribution >= 0.6 is 11.6 Å². The Bertz CT molecular complexity index is 637. The average molecular weight is 293 g/mol. The molecule has 5 nitrogen and oxygen atoms in total. The second kappa shape index (κ2) is 5.79. The average Bonchev–Trinajstić information content (AvgIpc) is 2.75. The number of nitrogens with one attached hydrogen (secondary N) is 1. The molecule has 1 aromatic heterocycles. The molecule has 2 rings (SSSR count). The molecule has 104 valence electrons. The summed E-state index contributed by atoms with van der Waals surface area (Å²) in [6.07, 6.45) is 1.58. The number of carboxylic acids is 1. The van der Waals surface area contributed by atoms with Gasteiger partial charge in [0.1, 0.15) is 5.69 Å². The molecule has 1 amide bonds. The molecule has 0 aliphatic heterocycles. The molecule has 0 bridgehead atoms. The van der Waals surface area contributed by atoms with Gasteiger partial charge in [-0.2, -0.15) is 0 Å². The second-order valence-electron chi connectivity index (χ2n) is 4.31. The zero-order valence-corrected chi connectivity index (χ0v) is 11.5. The minimum absolute atomic E-state index is 0.303. The lowest BCUT2D eigenvalue weighted by molar-refractivity contribution is -0.139. The molecule has 0 radical (unpaired) electrons. The van der Waals surface area contributed by atoms with E-state index in [0.29, 0.717) is 16.3 Å². The lowest BCUT2D eigenvalue weighted by atomic mass is 10.1. The van der Waals surface area contributed by atoms with Crippen molar-refractivity contribution in [3.63, 3.8) is 0 Å². The monoisotopic (exact) mass is 292 g/mol. The zero-order valence-electron chi connectivity index (χ0n) is 10.7. The van der Waals surface area contributed by atoms with Crippen LogP contribution in [0.5, 0.6) is 0 Å². The number of hydrogen-bond donors (Lipinski definition) is 2. The molecule has 1 aromatic carbocycles. The van der Waals surface area contributed by atoms with E-state index in [4.69, 9.17) is 11.6 Å². The standard InChI is InChI=1S/C14H13ClN2O3/c1-17-8-10(15)7-11(17)13(18)16-12(14(19)20)9-5-3-2-4-6-9/h2-8,12H,1H3,(H,16,18)(H,19,20)/t12-/m0/s1. The Morgan fingerprint density at radius 3 is 2.45 bits per heavy atom. The van der Waals surface area contributed by atoms with E-state index < -0.39 is 17.9 Å². The summed E-state index contributed by atoms with van der Waals surface area (Å²) >= 11 is 5.81. The fourth-order valence-corrected chi connectivity index (χ4v) is 2.14. The Kier molecular flexibility index (Phi) is 4.10. The van der Waals surface area contributed by atoms with Gasteiger partial charge in [-0.15, -0.1) is 0 Å². The molecule has 0 saturated carbocycles. The quantitative estimate of drug-likeness (QED) is 0.908. The summed E-state index contributed by atoms with van der Waals surface area (Å²) in [6.45, 7) is 0. The number of hydrogen-bond acceptors (Lipinski definition) is 2. The molecule has 20 heavy (non-hydrogen) atoms. The number of carboxylic acid groups (broad SMARTS) is 1. The highest BCUT2D eigenvalue weighted by Gasteiger charge is 2.23. The van der Waals surface area contributed by atoms with Gasteiger partial charge in [-0.05, 0) is 11.6 Å². The van der Waals surface area contributed by atoms with E-state index in [1.807, 2.05) is 0 Å². The van der Waals surface area contributed by atoms with Crippen LogP contribution in [0.1, 0.15) is 22.1 Å². The van der Waals surface area contributed by atoms with Crippen LogP contribution in [0.2, 0.25) is 5.02 Å². The van der Waals surface area contributed by atoms with Crippen molar-refractivity contribution in [2.45, 2.75) is 6.04 Å². The van der Waals surface area contributed by atoms with Crippen LogP contribution in [0.3, 0.4) is 0 Å². The van der Waals surface area contributed by atoms with Crippen molar-refractivity contribution in [3.05, 3.63) is 58.9 Å². The van der Waals surface area contributed by atoms with E-state index in [-0.39, 0.29) is 0 Å². The van der Waals surface area contributed by atoms with Crippen LogP contribution in [-0.2, 0) is 11.8 Å². The maximum atomic E-state index is 12.1. The molecular weight excluding hydrogens is 280 g/mol. The first-order chi connectivity index (χ1) is 9.49. The summed E-state index contributed by atoms with van der Waals surface area (Å²) in [5.41, 5.74) is 0.811. The van der Waals surface area contributed by atoms with Crippen molar-refractivity contribution in [2.75, 3.05) is 0 Å². The molecule has 2 N–H and O–H groups in total. The topological polar surface area (TPSA) is 71.3 Å². The number of amides is 1. The van der Waals surface area contributed by atoms with Crippen LogP contribution in [0.25, 0.3) is 0 Å². The summed E-state index contributed by atoms with van der Waals surface area (Å²) in [5, 5.41) is 12.2. The fraction of sp³-hybridized carbons (Fsp3) is 0.143. The lowest BCUT2D eigenvalue weighted by Gasteiger charge is -2.15. The van der Waals surface area contributed by atoms with Gasteiger partial charge in [0.25, 0.3) is 5.91 Å². The number of benzene rings is 1. The fourth-order valence-electron chi connectivity index (χ4n) is 1.89. The third-order valence-electron chi connectivity index (χ3n) is 2.86. The van der Waals surface area contributed by atoms with Crippen LogP contribution in [0, 0.1) is 0 Å². The number of aliphatic carboxylic acids is 1. The predicted octanol–water partition coefficient (Wildman–Crippen LogP) is 2.23. The number of carbonyl (C=O) groups excluding carboxylic acids is 1. The summed E-state index contributed by atoms with van der Waals surface area (Å²) < 4.78 is 1.54. The number of aryl methyl sites for hydroxylation is 1. The van der Waals surface area contributed by atoms with E-state index >= 15 is 0 Å². The lowest BCUT2D eigenvalue weighted by Crippen LogP contribution is -2.34. The molecule has 0 saturated heterocycles. The van der Waals surface area contributed by atoms with Gasteiger partial charge >= 0.3 is 5.97 Å². The first kappa shape index (κ1) is 14.1. The van der Waals surface area contributed by atoms with E-state index in [1.54, 1.807) is 48.1 Å². The SMILES string of the molecule is Cn1cc(Cl)cc1C(=O)N[C@H](C(=O)O)c1ccccc1. The van der Waals surface area contributed by atoms with Gasteiger partial charge in [0, 0.05) is 13.2 Å². The molecule has 0 aliphatic rings. The highest BCUT2D eigenvalue weighted by molar-refractivity contribution is 6.31. The Labute approximate surface area is 120 Å². The summed E-state index contributed by atoms with van der Waals surface area (Å²) in [5.74, 6) is -1.61. The number of carbonyl (C=O) groups is 2. The molecule has 1 heterocycles. The van der Waals surface area contributed by atoms with Crippen molar-refractivity contribution >= 4 is 23.5 Å². The summed E-state index contributed by atoms with van der Waals surface area (Å²) in [4.78, 5) is 23.4. The largest absolute Gasteiger partial charge is 0.479 e. The Hall–Kier alpha value is -2.27. The highest BCUT2D eigenvalue weighted by Crippen LogP contribution is 2.16. The first-order valence-electron chi connectivity index (χ1n) is 5.89. The summed E-state index contributed by atoms with van der Waals surface area (Å²) in [6, 6.07) is 8.90. The Morgan fingerprint density at radius 2 is 1.95 bits per heavy atom. The van der Waals surface area contributed by atoms with E-state index in [0.717, 1.165) is 0 Å². The molecule has 1 atom stereocenters. The molecule has 6 heteroatoms. The first-order valence-corrected chi connectivity index (χ1v) is 6.27. The van der Waals surface area contributed by atoms with Crippen LogP contribution in [-0.4, -0.2) is 21.6 Å². The van der Waals surface area contributed by atoms with Gasteiger partial charge in [-0.1, -0.05) is 41.9 Å². The molecule has 2 aromatic rings. The van der Waals surface area contributed by atoms with Crippen LogP contribution in [0.15, 0.2) is 42.6 Å². The van der Waals surface area contributed by atoms with Crippen molar-refractivity contribution < 1.29 is 14.7 Å². The predicted molar refractivity (Wildman–Crippen MR) is 74.7 cm³/mol. The van der Waals surface area contributed by atoms with Crippen LogP contribution < -0.4 is 5.32 Å². The van der Waals surface area contributed by atoms with Gasteiger partial charge < -0.3 is 15.0 Å². The summed E-state index contributed by atoms with van der Waals surface area (Å²) in [7, 11) is 1.67. The van der Waals surface area contributed by atoms with Crippen molar-refractivity contribution in [3.8, 4) is 0 Å². The van der Waals surface area contributed by atoms with Gasteiger partial charge in [0.05, 0.1) is 5.02 Å². The minimum atomic E-state index is -1.12. The smallest absolute Gasteiger partial charge is 0.330 e. The van der Waals surface area contributed by atoms with Gasteiger partial charge in [-0.3, -0.25) is 4.79 Å². The zero-order chi connectivity index (χ0) is 14.7. The maximum absolute atomic E-state index is 12.1. The normalized spacial score (nSPS) is 11.9. The molecule has 0 spiro atoms. The molecular formula is C14H13ClN2O3. The van der Waals surface area contributed by atoms with Crippen molar-refractivity contribution in [2.24, 2.45) is 7.05 Å². The third kappa shape index (κ3) is 3.00. The Balaban J connectivity index is 2.23. The van der Waals surface area contributed by atoms with Gasteiger partial charge in [0.15, 0.2) is 6.04 Å². The molecule has 0 fully saturated rings. The van der Waals surface area contributed by atoms with E-state index in [2.05, 4.69) is 5.32 Å². The van der Waals surface area contributed by atoms with Crippen molar-refractivity contribution in [1.29, 1.82) is 0 Å². The van der Waals surface area contributed by atoms with E-state index in [1.165, 1.54) is 6.07 Å². The number of halogens is 1. The number of aromatic nitrogens is 1. The number of rotatable bonds is 4. The van der Waals surface area contributed by atoms with Gasteiger partial charge in [0.2, 0.25) is 0 Å². The third-order valence-corrected chi connectivity index (χ3v) is 3.07. The Morgan fingerprint density at radius 1 is 1.30 bits per heavy atom. The van der Waals surface area contributed by atoms with Crippen LogP contribution in [0.4, 0.5) is 0 Å². The molecule has 0 unspecified atom stereocenters. The number of nitrogens with zero attached hydrogens (tertiary/aromatic N) is 1. The van der Waals surface area contributed by atoms with E-state index in [9.17, 15) is 14.7 Å². The van der Waals surface area contributed by atoms with Gasteiger partial charge in [-0.25, -0.2) is 4.79 Å². The molecule has 0 aliphatic carbocycles.